The van der Waals surface area contributed by atoms with Crippen molar-refractivity contribution in [2.45, 2.75) is 142 Å². The van der Waals surface area contributed by atoms with E-state index in [-0.39, 0.29) is 96.6 Å². The molecular weight excluding hydrogens is 1110 g/mol. The molecule has 5 saturated carbocycles. The van der Waals surface area contributed by atoms with Gasteiger partial charge in [-0.15, -0.1) is 0 Å². The number of carboxylic acid groups (broad SMARTS) is 1. The molecule has 14 atom stereocenters. The molecule has 3 aromatic carbocycles. The standard InChI is InChI=1S/C24H30O6.C21H26O4.C19H22O2.C5H8O4.Na.H/c1-24-10-9-16-15-8-6-14(28-2)11-13(15)5-7-17(16)21(24)18(12-19(24)25)20(22(26)29-3)23(27)30-4;1-21-8-7-16-15-6-4-14(25-2)9-12(15)3-5-17(16)20(21)13(10-18(21)22)11-19(23)24;1-19-10-9-15-14-6-4-13(21-2)11-12(14)3-5-16(15)17(19)7-8-18(19)20;1-4(6)9-3-5(7)8-2;;/h6,8,11,16-18,20-21H,5,7,9-10,12H2,1-4H3;4,6,9,13,16-17,20H,3,5,7-8,10-11H2,1-2H3,(H,23,24);4,6-8,11,15-17H,3,5,9-10H2,1-2H3;3H2,1-2H3;;/q;;;;+1;-1/t16-,17-,18-,21-,24-;13-,16-,17-,20+,21-;15-,16-,17+,19+;;;/m111.../s1. The molecule has 0 spiro atoms. The molecule has 0 aromatic heterocycles. The van der Waals surface area contributed by atoms with E-state index in [1.54, 1.807) is 21.3 Å². The van der Waals surface area contributed by atoms with E-state index in [1.165, 1.54) is 68.1 Å². The van der Waals surface area contributed by atoms with E-state index in [2.05, 4.69) is 71.9 Å². The Morgan fingerprint density at radius 1 is 0.581 bits per heavy atom. The summed E-state index contributed by atoms with van der Waals surface area (Å²) in [5.41, 5.74) is 7.40. The van der Waals surface area contributed by atoms with Crippen molar-refractivity contribution >= 4 is 47.2 Å². The van der Waals surface area contributed by atoms with Crippen molar-refractivity contribution in [1.29, 1.82) is 0 Å². The molecule has 17 heteroatoms. The molecule has 5 fully saturated rings. The van der Waals surface area contributed by atoms with Gasteiger partial charge in [0, 0.05) is 42.4 Å². The summed E-state index contributed by atoms with van der Waals surface area (Å²) in [6.07, 6.45) is 16.9. The zero-order valence-electron chi connectivity index (χ0n) is 53.2. The van der Waals surface area contributed by atoms with E-state index in [0.29, 0.717) is 53.5 Å². The molecule has 12 rings (SSSR count). The fraction of sp³-hybridized carbons (Fsp3) is 0.594. The third kappa shape index (κ3) is 12.6. The molecule has 0 amide bonds. The Morgan fingerprint density at radius 3 is 1.45 bits per heavy atom. The van der Waals surface area contributed by atoms with Crippen LogP contribution in [0.4, 0.5) is 0 Å². The van der Waals surface area contributed by atoms with Gasteiger partial charge >= 0.3 is 59.4 Å². The van der Waals surface area contributed by atoms with Crippen molar-refractivity contribution in [3.05, 3.63) is 100 Å². The second kappa shape index (κ2) is 27.3. The summed E-state index contributed by atoms with van der Waals surface area (Å²) in [5.74, 6) is 2.40. The Balaban J connectivity index is 0.000000174. The van der Waals surface area contributed by atoms with Gasteiger partial charge < -0.3 is 39.7 Å². The predicted octanol–water partition coefficient (Wildman–Crippen LogP) is 7.87. The number of carbonyl (C=O) groups is 8. The molecule has 0 aliphatic heterocycles. The average Bonchev–Trinajstić information content (AvgIpc) is 1.69. The number of aryl methyl sites for hydroxylation is 3. The first-order valence-electron chi connectivity index (χ1n) is 30.5. The van der Waals surface area contributed by atoms with Crippen LogP contribution in [-0.4, -0.2) is 102 Å². The maximum atomic E-state index is 13.1. The fourth-order valence-electron chi connectivity index (χ4n) is 18.0. The van der Waals surface area contributed by atoms with Gasteiger partial charge in [0.2, 0.25) is 0 Å². The number of benzene rings is 3. The van der Waals surface area contributed by atoms with Crippen molar-refractivity contribution in [3.63, 3.8) is 0 Å². The number of Topliss-reactive ketones (excluding diaryl/α,β-unsaturated/α-hetero) is 2. The van der Waals surface area contributed by atoms with Crippen LogP contribution in [0.1, 0.15) is 157 Å². The number of hydrogen-bond acceptors (Lipinski definition) is 15. The van der Waals surface area contributed by atoms with Gasteiger partial charge in [-0.05, 0) is 218 Å². The first-order chi connectivity index (χ1) is 40.6. The van der Waals surface area contributed by atoms with Crippen LogP contribution in [0, 0.1) is 69.5 Å². The van der Waals surface area contributed by atoms with Crippen LogP contribution in [-0.2, 0) is 76.6 Å². The van der Waals surface area contributed by atoms with E-state index in [9.17, 15) is 43.5 Å². The smallest absolute Gasteiger partial charge is 1.00 e. The molecule has 16 nitrogen and oxygen atoms in total. The maximum absolute atomic E-state index is 13.1. The second-order valence-electron chi connectivity index (χ2n) is 25.9. The van der Waals surface area contributed by atoms with E-state index in [0.717, 1.165) is 87.9 Å². The van der Waals surface area contributed by atoms with Crippen LogP contribution >= 0.6 is 0 Å². The minimum Gasteiger partial charge on any atom is -1.00 e. The Hall–Kier alpha value is -5.84. The van der Waals surface area contributed by atoms with Crippen molar-refractivity contribution in [1.82, 2.24) is 0 Å². The van der Waals surface area contributed by atoms with E-state index >= 15 is 0 Å². The molecule has 460 valence electrons. The first-order valence-corrected chi connectivity index (χ1v) is 30.5. The fourth-order valence-corrected chi connectivity index (χ4v) is 18.0. The molecule has 1 N–H and O–H groups in total. The Bertz CT molecular complexity index is 3100. The summed E-state index contributed by atoms with van der Waals surface area (Å²) in [6.45, 7) is 7.24. The van der Waals surface area contributed by atoms with Gasteiger partial charge in [-0.1, -0.05) is 45.0 Å². The number of carboxylic acids is 1. The monoisotopic (exact) mass is 1190 g/mol. The molecule has 0 radical (unpaired) electrons. The number of rotatable bonds is 10. The van der Waals surface area contributed by atoms with Gasteiger partial charge in [0.25, 0.3) is 0 Å². The van der Waals surface area contributed by atoms with E-state index < -0.39 is 41.2 Å². The van der Waals surface area contributed by atoms with Gasteiger partial charge in [-0.3, -0.25) is 33.6 Å². The normalized spacial score (nSPS) is 31.6. The van der Waals surface area contributed by atoms with E-state index in [4.69, 9.17) is 23.7 Å². The molecule has 0 saturated heterocycles. The van der Waals surface area contributed by atoms with Crippen LogP contribution < -0.4 is 43.8 Å². The number of hydrogen-bond donors (Lipinski definition) is 1. The number of carbonyl (C=O) groups excluding carboxylic acids is 7. The van der Waals surface area contributed by atoms with Crippen molar-refractivity contribution in [2.24, 2.45) is 69.5 Å². The summed E-state index contributed by atoms with van der Waals surface area (Å²) in [4.78, 5) is 94.8. The number of allylic oxidation sites excluding steroid dienone is 2. The first kappa shape index (κ1) is 66.1. The maximum Gasteiger partial charge on any atom is 1.00 e. The zero-order valence-corrected chi connectivity index (χ0v) is 54.2. The largest absolute Gasteiger partial charge is 1.00 e. The topological polar surface area (TPSA) is 221 Å². The number of methoxy groups -OCH3 is 6. The predicted molar refractivity (Wildman–Crippen MR) is 315 cm³/mol. The number of fused-ring (bicyclic) bond motifs is 15. The Labute approximate surface area is 529 Å². The Morgan fingerprint density at radius 2 is 1.01 bits per heavy atom. The average molecular weight is 1200 g/mol. The summed E-state index contributed by atoms with van der Waals surface area (Å²) in [7, 11) is 8.89. The third-order valence-corrected chi connectivity index (χ3v) is 22.1. The SMILES string of the molecule is COC(=O)C(C(=O)OC)[C@H]1CC(=O)[C@@]2(C)CC[C@@H]3c4ccc(OC)cc4CC[C@H]3[C@H]12.COC(=O)COC(C)=O.COc1ccc2c(c1)CC[C@@H]1[C@@H]2CC[C@]2(C)C(=O)C=C[C@@H]12.COc1ccc2c(c1)CC[C@H]1[C@@H]3[C@@H](CC(=O)O)CC(=O)[C@@]3(C)CC[C@H]21.[H-].[Na+]. The number of ketones is 3. The van der Waals surface area contributed by atoms with Crippen LogP contribution in [0.2, 0.25) is 0 Å². The quantitative estimate of drug-likeness (QED) is 0.0883. The molecule has 0 bridgehead atoms. The van der Waals surface area contributed by atoms with Gasteiger partial charge in [0.1, 0.15) is 28.8 Å². The van der Waals surface area contributed by atoms with Gasteiger partial charge in [0.15, 0.2) is 18.3 Å². The summed E-state index contributed by atoms with van der Waals surface area (Å²) >= 11 is 0. The van der Waals surface area contributed by atoms with E-state index in [1.807, 2.05) is 25.1 Å². The van der Waals surface area contributed by atoms with Crippen molar-refractivity contribution < 1.29 is 108 Å². The molecule has 86 heavy (non-hydrogen) atoms. The van der Waals surface area contributed by atoms with Gasteiger partial charge in [-0.2, -0.15) is 0 Å². The van der Waals surface area contributed by atoms with Gasteiger partial charge in [0.05, 0.1) is 42.7 Å². The minimum atomic E-state index is -1.05. The van der Waals surface area contributed by atoms with Gasteiger partial charge in [-0.25, -0.2) is 4.79 Å². The summed E-state index contributed by atoms with van der Waals surface area (Å²) < 4.78 is 34.5. The van der Waals surface area contributed by atoms with Crippen LogP contribution in [0.15, 0.2) is 66.7 Å². The van der Waals surface area contributed by atoms with Crippen LogP contribution in [0.3, 0.4) is 0 Å². The van der Waals surface area contributed by atoms with Crippen LogP contribution in [0.5, 0.6) is 17.2 Å². The molecule has 9 aliphatic carbocycles. The number of esters is 4. The third-order valence-electron chi connectivity index (χ3n) is 22.1. The summed E-state index contributed by atoms with van der Waals surface area (Å²) in [6, 6.07) is 19.2. The number of ether oxygens (including phenoxy) is 7. The Kier molecular flexibility index (Phi) is 21.0. The minimum absolute atomic E-state index is 0. The van der Waals surface area contributed by atoms with Crippen molar-refractivity contribution in [2.75, 3.05) is 49.3 Å². The zero-order chi connectivity index (χ0) is 61.3. The number of aliphatic carboxylic acids is 1. The molecule has 3 aromatic rings. The van der Waals surface area contributed by atoms with Crippen molar-refractivity contribution in [3.8, 4) is 17.2 Å². The molecule has 9 aliphatic rings. The summed E-state index contributed by atoms with van der Waals surface area (Å²) in [5, 5.41) is 9.32. The van der Waals surface area contributed by atoms with Crippen LogP contribution in [0.25, 0.3) is 0 Å². The molecular formula is C69H87NaO16. The molecule has 0 heterocycles. The molecule has 0 unspecified atom stereocenters. The second-order valence-corrected chi connectivity index (χ2v) is 25.9.